The Morgan fingerprint density at radius 3 is 2.27 bits per heavy atom. The summed E-state index contributed by atoms with van der Waals surface area (Å²) in [6, 6.07) is 6.41. The Kier molecular flexibility index (Phi) is 6.55. The second-order valence-electron chi connectivity index (χ2n) is 5.05. The molecule has 122 valence electrons. The van der Waals surface area contributed by atoms with Gasteiger partial charge in [0.25, 0.3) is 5.91 Å². The number of amides is 1. The molecule has 0 aromatic heterocycles. The van der Waals surface area contributed by atoms with Gasteiger partial charge in [-0.25, -0.2) is 8.42 Å². The highest BCUT2D eigenvalue weighted by molar-refractivity contribution is 7.89. The van der Waals surface area contributed by atoms with Gasteiger partial charge in [-0.1, -0.05) is 12.1 Å². The lowest BCUT2D eigenvalue weighted by Gasteiger charge is -2.16. The largest absolute Gasteiger partial charge is 0.466 e. The van der Waals surface area contributed by atoms with Crippen LogP contribution in [0.4, 0.5) is 0 Å². The molecule has 0 N–H and O–H groups in total. The fraction of sp³-hybridized carbons (Fsp3) is 0.467. The predicted octanol–water partition coefficient (Wildman–Crippen LogP) is 1.26. The van der Waals surface area contributed by atoms with Crippen LogP contribution in [0, 0.1) is 0 Å². The minimum Gasteiger partial charge on any atom is -0.466 e. The predicted molar refractivity (Wildman–Crippen MR) is 83.2 cm³/mol. The van der Waals surface area contributed by atoms with Crippen molar-refractivity contribution in [1.82, 2.24) is 4.90 Å². The molecule has 0 heterocycles. The van der Waals surface area contributed by atoms with Gasteiger partial charge in [0.2, 0.25) is 0 Å². The van der Waals surface area contributed by atoms with Crippen LogP contribution in [0.25, 0.3) is 0 Å². The summed E-state index contributed by atoms with van der Waals surface area (Å²) in [6.07, 6.45) is 1.30. The number of hydrogen-bond donors (Lipinski definition) is 0. The number of carbonyl (C=O) groups is 2. The molecule has 7 heteroatoms. The van der Waals surface area contributed by atoms with Gasteiger partial charge < -0.3 is 9.64 Å². The molecule has 0 bridgehead atoms. The van der Waals surface area contributed by atoms with Crippen LogP contribution in [-0.2, 0) is 25.1 Å². The van der Waals surface area contributed by atoms with Crippen molar-refractivity contribution >= 4 is 21.7 Å². The van der Waals surface area contributed by atoms with Gasteiger partial charge in [0, 0.05) is 25.4 Å². The van der Waals surface area contributed by atoms with Gasteiger partial charge in [0.1, 0.15) is 0 Å². The summed E-state index contributed by atoms with van der Waals surface area (Å²) in [5.74, 6) is -0.624. The summed E-state index contributed by atoms with van der Waals surface area (Å²) in [6.45, 7) is 2.31. The van der Waals surface area contributed by atoms with Crippen LogP contribution in [-0.4, -0.2) is 51.6 Å². The quantitative estimate of drug-likeness (QED) is 0.704. The fourth-order valence-corrected chi connectivity index (χ4v) is 2.66. The molecule has 0 aliphatic carbocycles. The summed E-state index contributed by atoms with van der Waals surface area (Å²) in [5, 5.41) is 0. The molecule has 1 aromatic carbocycles. The summed E-state index contributed by atoms with van der Waals surface area (Å²) >= 11 is 0. The van der Waals surface area contributed by atoms with Crippen LogP contribution in [0.5, 0.6) is 0 Å². The second-order valence-corrected chi connectivity index (χ2v) is 7.19. The van der Waals surface area contributed by atoms with Gasteiger partial charge in [0.05, 0.1) is 18.8 Å². The van der Waals surface area contributed by atoms with E-state index in [0.717, 1.165) is 6.26 Å². The molecule has 1 aromatic rings. The van der Waals surface area contributed by atoms with Crippen LogP contribution < -0.4 is 0 Å². The van der Waals surface area contributed by atoms with E-state index in [9.17, 15) is 18.0 Å². The average Bonchev–Trinajstić information content (AvgIpc) is 2.43. The molecule has 1 rings (SSSR count). The molecule has 0 saturated heterocycles. The monoisotopic (exact) mass is 327 g/mol. The molecule has 6 nitrogen and oxygen atoms in total. The third kappa shape index (κ3) is 6.26. The van der Waals surface area contributed by atoms with E-state index in [0.29, 0.717) is 17.7 Å². The van der Waals surface area contributed by atoms with E-state index in [2.05, 4.69) is 0 Å². The first-order valence-corrected chi connectivity index (χ1v) is 8.96. The number of benzene rings is 1. The third-order valence-corrected chi connectivity index (χ3v) is 3.79. The first-order valence-electron chi connectivity index (χ1n) is 6.90. The lowest BCUT2D eigenvalue weighted by Crippen LogP contribution is -2.29. The number of sulfone groups is 1. The lowest BCUT2D eigenvalue weighted by atomic mass is 10.1. The van der Waals surface area contributed by atoms with E-state index in [1.54, 1.807) is 38.2 Å². The van der Waals surface area contributed by atoms with Crippen molar-refractivity contribution in [2.24, 2.45) is 0 Å². The van der Waals surface area contributed by atoms with Crippen molar-refractivity contribution in [2.75, 3.05) is 26.5 Å². The summed E-state index contributed by atoms with van der Waals surface area (Å²) < 4.78 is 27.2. The summed E-state index contributed by atoms with van der Waals surface area (Å²) in [5.41, 5.74) is 1.08. The number of ether oxygens (including phenoxy) is 1. The molecule has 22 heavy (non-hydrogen) atoms. The highest BCUT2D eigenvalue weighted by Gasteiger charge is 2.14. The van der Waals surface area contributed by atoms with E-state index in [1.807, 2.05) is 0 Å². The normalized spacial score (nSPS) is 11.0. The molecule has 0 atom stereocenters. The molecular formula is C15H21NO5S. The van der Waals surface area contributed by atoms with Crippen molar-refractivity contribution in [2.45, 2.75) is 19.1 Å². The molecule has 0 unspecified atom stereocenters. The van der Waals surface area contributed by atoms with Gasteiger partial charge in [-0.05, 0) is 24.6 Å². The number of rotatable bonds is 7. The first kappa shape index (κ1) is 18.2. The zero-order valence-corrected chi connectivity index (χ0v) is 13.9. The smallest absolute Gasteiger partial charge is 0.307 e. The average molecular weight is 327 g/mol. The lowest BCUT2D eigenvalue weighted by molar-refractivity contribution is -0.143. The minimum absolute atomic E-state index is 0.0554. The van der Waals surface area contributed by atoms with Gasteiger partial charge in [-0.3, -0.25) is 9.59 Å². The summed E-state index contributed by atoms with van der Waals surface area (Å²) in [7, 11) is -1.49. The number of carbonyl (C=O) groups excluding carboxylic acids is 2. The Morgan fingerprint density at radius 2 is 1.77 bits per heavy atom. The van der Waals surface area contributed by atoms with E-state index in [4.69, 9.17) is 4.74 Å². The molecule has 0 saturated carbocycles. The molecule has 0 radical (unpaired) electrons. The number of nitrogens with zero attached hydrogens (tertiary/aromatic N) is 1. The molecule has 0 fully saturated rings. The van der Waals surface area contributed by atoms with Crippen LogP contribution in [0.2, 0.25) is 0 Å². The Hall–Kier alpha value is -1.89. The third-order valence-electron chi connectivity index (χ3n) is 2.93. The Balaban J connectivity index is 2.63. The Morgan fingerprint density at radius 1 is 1.18 bits per heavy atom. The highest BCUT2D eigenvalue weighted by atomic mass is 32.2. The van der Waals surface area contributed by atoms with Crippen molar-refractivity contribution in [1.29, 1.82) is 0 Å². The molecule has 0 aliphatic rings. The van der Waals surface area contributed by atoms with Crippen LogP contribution in [0.15, 0.2) is 24.3 Å². The van der Waals surface area contributed by atoms with Crippen LogP contribution in [0.1, 0.15) is 29.3 Å². The fourth-order valence-electron chi connectivity index (χ4n) is 1.86. The van der Waals surface area contributed by atoms with Gasteiger partial charge in [0.15, 0.2) is 9.84 Å². The maximum Gasteiger partial charge on any atom is 0.307 e. The topological polar surface area (TPSA) is 80.8 Å². The number of hydrogen-bond acceptors (Lipinski definition) is 5. The molecular weight excluding hydrogens is 306 g/mol. The molecule has 0 spiro atoms. The standard InChI is InChI=1S/C15H21NO5S/c1-4-21-14(17)9-10-16(2)15(18)13-7-5-12(6-8-13)11-22(3,19)20/h5-8H,4,9-11H2,1-3H3. The van der Waals surface area contributed by atoms with Gasteiger partial charge >= 0.3 is 5.97 Å². The maximum absolute atomic E-state index is 12.2. The van der Waals surface area contributed by atoms with Gasteiger partial charge in [-0.15, -0.1) is 0 Å². The van der Waals surface area contributed by atoms with E-state index < -0.39 is 9.84 Å². The molecule has 0 aliphatic heterocycles. The van der Waals surface area contributed by atoms with Gasteiger partial charge in [-0.2, -0.15) is 0 Å². The molecule has 1 amide bonds. The zero-order valence-electron chi connectivity index (χ0n) is 13.0. The van der Waals surface area contributed by atoms with E-state index in [1.165, 1.54) is 4.90 Å². The number of esters is 1. The SMILES string of the molecule is CCOC(=O)CCN(C)C(=O)c1ccc(CS(C)(=O)=O)cc1. The Bertz CT molecular complexity index is 622. The van der Waals surface area contributed by atoms with E-state index in [-0.39, 0.29) is 30.6 Å². The minimum atomic E-state index is -3.10. The first-order chi connectivity index (χ1) is 10.2. The summed E-state index contributed by atoms with van der Waals surface area (Å²) in [4.78, 5) is 24.9. The highest BCUT2D eigenvalue weighted by Crippen LogP contribution is 2.10. The van der Waals surface area contributed by atoms with Crippen molar-refractivity contribution in [3.8, 4) is 0 Å². The van der Waals surface area contributed by atoms with Crippen LogP contribution in [0.3, 0.4) is 0 Å². The van der Waals surface area contributed by atoms with Crippen LogP contribution >= 0.6 is 0 Å². The maximum atomic E-state index is 12.2. The van der Waals surface area contributed by atoms with E-state index >= 15 is 0 Å². The van der Waals surface area contributed by atoms with Crippen molar-refractivity contribution < 1.29 is 22.7 Å². The Labute approximate surface area is 131 Å². The van der Waals surface area contributed by atoms with Crippen molar-refractivity contribution in [3.05, 3.63) is 35.4 Å². The second kappa shape index (κ2) is 7.93. The van der Waals surface area contributed by atoms with Crippen molar-refractivity contribution in [3.63, 3.8) is 0 Å². The zero-order chi connectivity index (χ0) is 16.8.